The van der Waals surface area contributed by atoms with Crippen molar-refractivity contribution in [2.24, 2.45) is 0 Å². The van der Waals surface area contributed by atoms with Crippen LogP contribution in [0, 0.1) is 0 Å². The first-order chi connectivity index (χ1) is 21.4. The van der Waals surface area contributed by atoms with Crippen LogP contribution >= 0.6 is 0 Å². The first kappa shape index (κ1) is 35.8. The van der Waals surface area contributed by atoms with Crippen LogP contribution in [-0.4, -0.2) is 89.1 Å². The summed E-state index contributed by atoms with van der Waals surface area (Å²) in [7, 11) is 0. The van der Waals surface area contributed by atoms with Crippen LogP contribution in [-0.2, 0) is 11.3 Å². The van der Waals surface area contributed by atoms with Crippen molar-refractivity contribution in [1.29, 1.82) is 0 Å². The van der Waals surface area contributed by atoms with Gasteiger partial charge in [-0.2, -0.15) is 4.98 Å². The van der Waals surface area contributed by atoms with Crippen LogP contribution in [0.3, 0.4) is 0 Å². The van der Waals surface area contributed by atoms with Crippen LogP contribution in [0.2, 0.25) is 0 Å². The number of aromatic carboxylic acids is 3. The molecule has 0 aliphatic carbocycles. The van der Waals surface area contributed by atoms with Gasteiger partial charge in [-0.3, -0.25) is 4.57 Å². The van der Waals surface area contributed by atoms with Gasteiger partial charge in [0.1, 0.15) is 30.2 Å². The summed E-state index contributed by atoms with van der Waals surface area (Å²) in [6.45, 7) is -0.371. The second-order valence-electron chi connectivity index (χ2n) is 9.18. The highest BCUT2D eigenvalue weighted by molar-refractivity contribution is 5.88. The molecule has 1 fully saturated rings. The molecule has 0 spiro atoms. The highest BCUT2D eigenvalue weighted by Gasteiger charge is 2.42. The molecular formula is C31H33N3O11. The molecule has 0 bridgehead atoms. The standard InChI is InChI=1S/C10H15N3O5.3C7H6O2/c11-7-1-2-13(10(17)12-7)3-5-8(15)9(16)6(4-14)18-5;3*8-7(9)6-4-2-1-3-5-6/h1-2,5-6,8-9,14-16H,3-4H2,(H2,11,12,17);3*1-5H,(H,8,9)/t5-,6+,8-,9+;;;/m0.../s1. The molecule has 1 saturated heterocycles. The van der Waals surface area contributed by atoms with E-state index in [0.29, 0.717) is 16.7 Å². The van der Waals surface area contributed by atoms with Gasteiger partial charge >= 0.3 is 23.6 Å². The number of nitrogens with zero attached hydrogens (tertiary/aromatic N) is 2. The van der Waals surface area contributed by atoms with Crippen molar-refractivity contribution in [2.75, 3.05) is 12.3 Å². The maximum Gasteiger partial charge on any atom is 0.349 e. The van der Waals surface area contributed by atoms with Gasteiger partial charge in [-0.05, 0) is 42.5 Å². The fourth-order valence-electron chi connectivity index (χ4n) is 3.64. The van der Waals surface area contributed by atoms with Crippen molar-refractivity contribution in [2.45, 2.75) is 31.0 Å². The van der Waals surface area contributed by atoms with Crippen molar-refractivity contribution >= 4 is 23.7 Å². The van der Waals surface area contributed by atoms with E-state index in [0.717, 1.165) is 0 Å². The number of anilines is 1. The lowest BCUT2D eigenvalue weighted by Gasteiger charge is -2.15. The number of carboxylic acid groups (broad SMARTS) is 3. The largest absolute Gasteiger partial charge is 0.478 e. The molecule has 45 heavy (non-hydrogen) atoms. The molecule has 0 amide bonds. The van der Waals surface area contributed by atoms with Gasteiger partial charge in [0, 0.05) is 6.20 Å². The topological polar surface area (TPSA) is 243 Å². The summed E-state index contributed by atoms with van der Waals surface area (Å²) in [5.41, 5.74) is 5.78. The molecule has 0 radical (unpaired) electrons. The molecule has 14 heteroatoms. The Morgan fingerprint density at radius 3 is 1.36 bits per heavy atom. The zero-order valence-corrected chi connectivity index (χ0v) is 23.7. The maximum absolute atomic E-state index is 11.5. The maximum atomic E-state index is 11.5. The number of aliphatic hydroxyl groups is 3. The lowest BCUT2D eigenvalue weighted by atomic mass is 10.1. The molecule has 4 atom stereocenters. The molecule has 0 saturated carbocycles. The Labute approximate surface area is 256 Å². The Morgan fingerprint density at radius 1 is 0.689 bits per heavy atom. The summed E-state index contributed by atoms with van der Waals surface area (Å²) < 4.78 is 6.47. The van der Waals surface area contributed by atoms with Gasteiger partial charge in [-0.1, -0.05) is 54.6 Å². The van der Waals surface area contributed by atoms with Crippen molar-refractivity contribution in [3.63, 3.8) is 0 Å². The van der Waals surface area contributed by atoms with Gasteiger partial charge in [0.05, 0.1) is 29.8 Å². The Bertz CT molecular complexity index is 1430. The van der Waals surface area contributed by atoms with Crippen molar-refractivity contribution < 1.29 is 49.8 Å². The summed E-state index contributed by atoms with van der Waals surface area (Å²) in [4.78, 5) is 45.6. The van der Waals surface area contributed by atoms with Crippen LogP contribution in [0.5, 0.6) is 0 Å². The number of hydrogen-bond donors (Lipinski definition) is 7. The molecule has 14 nitrogen and oxygen atoms in total. The Balaban J connectivity index is 0.000000223. The minimum atomic E-state index is -1.17. The number of aliphatic hydroxyl groups excluding tert-OH is 3. The highest BCUT2D eigenvalue weighted by atomic mass is 16.6. The smallest absolute Gasteiger partial charge is 0.349 e. The normalized spacial score (nSPS) is 18.0. The Hall–Kier alpha value is -5.41. The fourth-order valence-corrected chi connectivity index (χ4v) is 3.64. The highest BCUT2D eigenvalue weighted by Crippen LogP contribution is 2.22. The monoisotopic (exact) mass is 623 g/mol. The van der Waals surface area contributed by atoms with Crippen molar-refractivity contribution in [3.8, 4) is 0 Å². The first-order valence-corrected chi connectivity index (χ1v) is 13.2. The number of hydrogen-bond acceptors (Lipinski definition) is 10. The third-order valence-corrected chi connectivity index (χ3v) is 5.98. The van der Waals surface area contributed by atoms with Crippen LogP contribution in [0.15, 0.2) is 108 Å². The minimum absolute atomic E-state index is 0.0286. The Kier molecular flexibility index (Phi) is 14.6. The summed E-state index contributed by atoms with van der Waals surface area (Å²) in [6, 6.07) is 26.3. The number of carboxylic acids is 3. The number of nitrogens with two attached hydrogens (primary N) is 1. The van der Waals surface area contributed by atoms with Gasteiger partial charge in [-0.25, -0.2) is 19.2 Å². The zero-order chi connectivity index (χ0) is 33.4. The molecule has 1 aromatic heterocycles. The van der Waals surface area contributed by atoms with E-state index in [-0.39, 0.29) is 12.4 Å². The Morgan fingerprint density at radius 2 is 1.07 bits per heavy atom. The third kappa shape index (κ3) is 12.0. The third-order valence-electron chi connectivity index (χ3n) is 5.98. The van der Waals surface area contributed by atoms with E-state index in [1.54, 1.807) is 91.0 Å². The molecule has 0 unspecified atom stereocenters. The van der Waals surface area contributed by atoms with E-state index in [1.807, 2.05) is 0 Å². The quantitative estimate of drug-likeness (QED) is 0.161. The van der Waals surface area contributed by atoms with E-state index in [4.69, 9.17) is 30.9 Å². The number of benzene rings is 3. The minimum Gasteiger partial charge on any atom is -0.478 e. The molecule has 1 aliphatic heterocycles. The molecule has 1 aliphatic rings. The van der Waals surface area contributed by atoms with E-state index in [9.17, 15) is 29.4 Å². The lowest BCUT2D eigenvalue weighted by molar-refractivity contribution is -0.0269. The van der Waals surface area contributed by atoms with Crippen LogP contribution < -0.4 is 11.4 Å². The molecule has 238 valence electrons. The first-order valence-electron chi connectivity index (χ1n) is 13.2. The van der Waals surface area contributed by atoms with Gasteiger partial charge in [-0.15, -0.1) is 0 Å². The average molecular weight is 624 g/mol. The van der Waals surface area contributed by atoms with E-state index in [2.05, 4.69) is 4.98 Å². The molecule has 3 aromatic carbocycles. The molecule has 4 aromatic rings. The molecule has 2 heterocycles. The molecular weight excluding hydrogens is 590 g/mol. The SMILES string of the molecule is Nc1ccn(C[C@@H]2O[C@H](CO)[C@@H](O)[C@H]2O)c(=O)n1.O=C(O)c1ccccc1.O=C(O)c1ccccc1.O=C(O)c1ccccc1. The molecule has 5 rings (SSSR count). The zero-order valence-electron chi connectivity index (χ0n) is 23.7. The van der Waals surface area contributed by atoms with Crippen LogP contribution in [0.4, 0.5) is 5.82 Å². The lowest BCUT2D eigenvalue weighted by Crippen LogP contribution is -2.37. The van der Waals surface area contributed by atoms with Crippen LogP contribution in [0.25, 0.3) is 0 Å². The summed E-state index contributed by atoms with van der Waals surface area (Å²) >= 11 is 0. The van der Waals surface area contributed by atoms with Crippen molar-refractivity contribution in [1.82, 2.24) is 9.55 Å². The van der Waals surface area contributed by atoms with Crippen molar-refractivity contribution in [3.05, 3.63) is 130 Å². The van der Waals surface area contributed by atoms with E-state index >= 15 is 0 Å². The average Bonchev–Trinajstić information content (AvgIpc) is 3.32. The predicted octanol–water partition coefficient (Wildman–Crippen LogP) is 1.46. The van der Waals surface area contributed by atoms with Gasteiger partial charge in [0.25, 0.3) is 0 Å². The number of nitrogen functional groups attached to an aromatic ring is 1. The van der Waals surface area contributed by atoms with Gasteiger partial charge < -0.3 is 41.1 Å². The second-order valence-corrected chi connectivity index (χ2v) is 9.18. The number of ether oxygens (including phenoxy) is 1. The number of aromatic nitrogens is 2. The molecule has 8 N–H and O–H groups in total. The van der Waals surface area contributed by atoms with Gasteiger partial charge in [0.15, 0.2) is 0 Å². The van der Waals surface area contributed by atoms with E-state index < -0.39 is 54.6 Å². The summed E-state index contributed by atoms with van der Waals surface area (Å²) in [6.07, 6.45) is -2.52. The fraction of sp³-hybridized carbons (Fsp3) is 0.194. The van der Waals surface area contributed by atoms with E-state index in [1.165, 1.54) is 16.8 Å². The van der Waals surface area contributed by atoms with Gasteiger partial charge in [0.2, 0.25) is 0 Å². The predicted molar refractivity (Wildman–Crippen MR) is 161 cm³/mol. The number of carbonyl (C=O) groups is 3. The second kappa shape index (κ2) is 18.3. The summed E-state index contributed by atoms with van der Waals surface area (Å²) in [5.74, 6) is -2.53. The number of rotatable bonds is 6. The van der Waals surface area contributed by atoms with Crippen LogP contribution in [0.1, 0.15) is 31.1 Å². The summed E-state index contributed by atoms with van der Waals surface area (Å²) in [5, 5.41) is 53.4.